The van der Waals surface area contributed by atoms with E-state index < -0.39 is 5.97 Å². The van der Waals surface area contributed by atoms with Gasteiger partial charge in [0.1, 0.15) is 0 Å². The number of nitrogens with zero attached hydrogens (tertiary/aromatic N) is 1. The monoisotopic (exact) mass is 373 g/mol. The molecule has 1 unspecified atom stereocenters. The van der Waals surface area contributed by atoms with Gasteiger partial charge in [0.25, 0.3) is 0 Å². The number of hydrogen-bond acceptors (Lipinski definition) is 4. The van der Waals surface area contributed by atoms with Gasteiger partial charge < -0.3 is 9.47 Å². The Hall–Kier alpha value is -2.14. The summed E-state index contributed by atoms with van der Waals surface area (Å²) in [4.78, 5) is 22.4. The number of ether oxygens (including phenoxy) is 2. The van der Waals surface area contributed by atoms with Crippen LogP contribution in [0.5, 0.6) is 5.88 Å². The van der Waals surface area contributed by atoms with E-state index >= 15 is 0 Å². The van der Waals surface area contributed by atoms with Crippen molar-refractivity contribution in [1.82, 2.24) is 4.57 Å². The molecule has 1 aromatic heterocycles. The number of rotatable bonds is 7. The van der Waals surface area contributed by atoms with Crippen molar-refractivity contribution in [1.29, 1.82) is 0 Å². The highest BCUT2D eigenvalue weighted by Gasteiger charge is 2.16. The quantitative estimate of drug-likeness (QED) is 0.484. The molecule has 0 spiro atoms. The van der Waals surface area contributed by atoms with E-state index in [1.165, 1.54) is 63.4 Å². The van der Waals surface area contributed by atoms with Gasteiger partial charge in [-0.2, -0.15) is 0 Å². The lowest BCUT2D eigenvalue weighted by molar-refractivity contribution is -0.132. The van der Waals surface area contributed by atoms with Crippen molar-refractivity contribution < 1.29 is 19.1 Å². The maximum Gasteiger partial charge on any atom is 0.309 e. The van der Waals surface area contributed by atoms with Crippen LogP contribution in [-0.4, -0.2) is 29.2 Å². The first-order valence-corrected chi connectivity index (χ1v) is 9.94. The third-order valence-corrected chi connectivity index (χ3v) is 4.66. The Morgan fingerprint density at radius 2 is 1.85 bits per heavy atom. The van der Waals surface area contributed by atoms with E-state index in [1.807, 2.05) is 24.3 Å². The van der Waals surface area contributed by atoms with E-state index in [4.69, 9.17) is 9.47 Å². The van der Waals surface area contributed by atoms with Crippen LogP contribution in [-0.2, 0) is 9.53 Å². The highest BCUT2D eigenvalue weighted by molar-refractivity contribution is 5.94. The number of unbranched alkanes of at least 4 members (excludes halogenated alkanes) is 4. The zero-order chi connectivity index (χ0) is 19.6. The molecule has 0 amide bonds. The van der Waals surface area contributed by atoms with Crippen LogP contribution < -0.4 is 4.74 Å². The predicted molar refractivity (Wildman–Crippen MR) is 107 cm³/mol. The van der Waals surface area contributed by atoms with Gasteiger partial charge in [-0.25, -0.2) is 0 Å². The van der Waals surface area contributed by atoms with Gasteiger partial charge in [0, 0.05) is 31.9 Å². The first kappa shape index (κ1) is 21.2. The van der Waals surface area contributed by atoms with Crippen LogP contribution in [0.1, 0.15) is 70.5 Å². The second-order valence-electron chi connectivity index (χ2n) is 6.97. The summed E-state index contributed by atoms with van der Waals surface area (Å²) >= 11 is 0. The van der Waals surface area contributed by atoms with Gasteiger partial charge in [-0.15, -0.1) is 0 Å². The highest BCUT2D eigenvalue weighted by atomic mass is 16.5. The predicted octanol–water partition coefficient (Wildman–Crippen LogP) is 5.36. The number of hydrogen-bond donors (Lipinski definition) is 0. The van der Waals surface area contributed by atoms with Crippen molar-refractivity contribution in [3.63, 3.8) is 0 Å². The molecule has 0 bridgehead atoms. The fourth-order valence-corrected chi connectivity index (χ4v) is 3.16. The van der Waals surface area contributed by atoms with Gasteiger partial charge in [0.2, 0.25) is 11.8 Å². The summed E-state index contributed by atoms with van der Waals surface area (Å²) < 4.78 is 11.7. The molecule has 2 aromatic rings. The second kappa shape index (κ2) is 10.9. The summed E-state index contributed by atoms with van der Waals surface area (Å²) in [7, 11) is 0. The number of esters is 1. The van der Waals surface area contributed by atoms with Crippen molar-refractivity contribution in [2.75, 3.05) is 6.61 Å². The minimum absolute atomic E-state index is 0.183. The van der Waals surface area contributed by atoms with Gasteiger partial charge in [-0.05, 0) is 18.9 Å². The number of carbonyl (C=O) groups is 2. The van der Waals surface area contributed by atoms with Crippen LogP contribution in [0.4, 0.5) is 0 Å². The van der Waals surface area contributed by atoms with Crippen molar-refractivity contribution >= 4 is 22.8 Å². The molecule has 0 radical (unpaired) electrons. The van der Waals surface area contributed by atoms with Crippen LogP contribution in [0.25, 0.3) is 10.9 Å². The van der Waals surface area contributed by atoms with Crippen molar-refractivity contribution in [2.24, 2.45) is 0 Å². The highest BCUT2D eigenvalue weighted by Crippen LogP contribution is 2.25. The van der Waals surface area contributed by atoms with Crippen LogP contribution >= 0.6 is 0 Å². The Morgan fingerprint density at radius 3 is 2.44 bits per heavy atom. The van der Waals surface area contributed by atoms with Gasteiger partial charge in [0.05, 0.1) is 11.6 Å². The number of fused-ring (bicyclic) bond motifs is 1. The van der Waals surface area contributed by atoms with E-state index in [1.54, 1.807) is 6.07 Å². The van der Waals surface area contributed by atoms with Crippen LogP contribution in [0.15, 0.2) is 30.3 Å². The van der Waals surface area contributed by atoms with Crippen molar-refractivity contribution in [2.45, 2.75) is 71.8 Å². The van der Waals surface area contributed by atoms with Gasteiger partial charge in [0.15, 0.2) is 0 Å². The number of carbonyl (C=O) groups excluding carboxylic acids is 2. The standard InChI is InChI=1S/C12H11NO3.C10H20O/c1-8(14)13-11-6-4-3-5-10(11)7-12(13)16-9(2)15;1-2-3-4-5-6-7-10-8-9-11-10/h3-7H,1-2H3;10H,2-9H2,1H3. The molecule has 1 aliphatic rings. The Balaban J connectivity index is 0.000000208. The summed E-state index contributed by atoms with van der Waals surface area (Å²) in [5, 5.41) is 0.869. The number of aromatic nitrogens is 1. The largest absolute Gasteiger partial charge is 0.409 e. The second-order valence-corrected chi connectivity index (χ2v) is 6.97. The molecule has 0 aliphatic carbocycles. The van der Waals surface area contributed by atoms with E-state index in [9.17, 15) is 9.59 Å². The number of para-hydroxylation sites is 1. The first-order chi connectivity index (χ1) is 13.0. The van der Waals surface area contributed by atoms with Gasteiger partial charge in [-0.3, -0.25) is 14.2 Å². The zero-order valence-corrected chi connectivity index (χ0v) is 16.7. The Kier molecular flexibility index (Phi) is 8.52. The molecule has 27 heavy (non-hydrogen) atoms. The van der Waals surface area contributed by atoms with Crippen LogP contribution in [0, 0.1) is 0 Å². The molecule has 2 heterocycles. The lowest BCUT2D eigenvalue weighted by atomic mass is 10.0. The molecule has 1 atom stereocenters. The summed E-state index contributed by atoms with van der Waals surface area (Å²) in [5.41, 5.74) is 0.742. The molecule has 5 heteroatoms. The Labute approximate surface area is 161 Å². The molecule has 1 fully saturated rings. The summed E-state index contributed by atoms with van der Waals surface area (Å²) in [6.07, 6.45) is 10.2. The smallest absolute Gasteiger partial charge is 0.309 e. The summed E-state index contributed by atoms with van der Waals surface area (Å²) in [6.45, 7) is 6.01. The lowest BCUT2D eigenvalue weighted by Gasteiger charge is -2.26. The topological polar surface area (TPSA) is 57.5 Å². The molecular formula is C22H31NO4. The first-order valence-electron chi connectivity index (χ1n) is 9.94. The fourth-order valence-electron chi connectivity index (χ4n) is 3.16. The van der Waals surface area contributed by atoms with Crippen LogP contribution in [0.3, 0.4) is 0 Å². The molecule has 0 N–H and O–H groups in total. The normalized spacial score (nSPS) is 15.6. The zero-order valence-electron chi connectivity index (χ0n) is 16.7. The molecular weight excluding hydrogens is 342 g/mol. The molecule has 0 saturated carbocycles. The molecule has 1 aliphatic heterocycles. The maximum atomic E-state index is 11.5. The Morgan fingerprint density at radius 1 is 1.15 bits per heavy atom. The van der Waals surface area contributed by atoms with Crippen LogP contribution in [0.2, 0.25) is 0 Å². The molecule has 3 rings (SSSR count). The Bertz CT molecular complexity index is 746. The van der Waals surface area contributed by atoms with Crippen molar-refractivity contribution in [3.05, 3.63) is 30.3 Å². The molecule has 1 aromatic carbocycles. The van der Waals surface area contributed by atoms with E-state index in [0.717, 1.165) is 17.5 Å². The SMILES string of the molecule is CC(=O)Oc1cc2ccccc2n1C(C)=O.CCCCCCCC1CCO1. The molecule has 1 saturated heterocycles. The fraction of sp³-hybridized carbons (Fsp3) is 0.545. The minimum atomic E-state index is -0.440. The summed E-state index contributed by atoms with van der Waals surface area (Å²) in [6, 6.07) is 9.05. The lowest BCUT2D eigenvalue weighted by Crippen LogP contribution is -2.26. The van der Waals surface area contributed by atoms with E-state index in [0.29, 0.717) is 6.10 Å². The van der Waals surface area contributed by atoms with E-state index in [-0.39, 0.29) is 11.8 Å². The third kappa shape index (κ3) is 6.51. The maximum absolute atomic E-state index is 11.5. The summed E-state index contributed by atoms with van der Waals surface area (Å²) in [5.74, 6) is -0.357. The molecule has 5 nitrogen and oxygen atoms in total. The van der Waals surface area contributed by atoms with Gasteiger partial charge >= 0.3 is 5.97 Å². The number of benzene rings is 1. The van der Waals surface area contributed by atoms with Gasteiger partial charge in [-0.1, -0.05) is 57.2 Å². The third-order valence-electron chi connectivity index (χ3n) is 4.66. The van der Waals surface area contributed by atoms with E-state index in [2.05, 4.69) is 6.92 Å². The average molecular weight is 373 g/mol. The molecule has 148 valence electrons. The van der Waals surface area contributed by atoms with Crippen molar-refractivity contribution in [3.8, 4) is 5.88 Å². The minimum Gasteiger partial charge on any atom is -0.409 e. The average Bonchev–Trinajstić information content (AvgIpc) is 2.94.